The van der Waals surface area contributed by atoms with Gasteiger partial charge in [0, 0.05) is 34.6 Å². The maximum absolute atomic E-state index is 12.4. The fourth-order valence-electron chi connectivity index (χ4n) is 2.69. The van der Waals surface area contributed by atoms with Crippen LogP contribution in [0, 0.1) is 0 Å². The molecule has 0 fully saturated rings. The van der Waals surface area contributed by atoms with E-state index in [0.29, 0.717) is 17.1 Å². The molecular weight excluding hydrogens is 340 g/mol. The first-order valence-electron chi connectivity index (χ1n) is 7.43. The number of carboxylic acids is 1. The molecule has 0 atom stereocenters. The van der Waals surface area contributed by atoms with Crippen molar-refractivity contribution in [3.63, 3.8) is 0 Å². The van der Waals surface area contributed by atoms with Gasteiger partial charge in [-0.05, 0) is 24.3 Å². The van der Waals surface area contributed by atoms with Gasteiger partial charge in [0.25, 0.3) is 0 Å². The number of fused-ring (bicyclic) bond motifs is 1. The molecule has 2 amide bonds. The fourth-order valence-corrected chi connectivity index (χ4v) is 3.50. The SMILES string of the molecule is O=C(O)c1cccc2c1CN(c1csc(-c3ccncc3)n1)C(=O)N2. The summed E-state index contributed by atoms with van der Waals surface area (Å²) < 4.78 is 0. The lowest BCUT2D eigenvalue weighted by Gasteiger charge is -2.28. The van der Waals surface area contributed by atoms with Gasteiger partial charge in [0.1, 0.15) is 10.8 Å². The Morgan fingerprint density at radius 1 is 1.24 bits per heavy atom. The molecule has 0 saturated carbocycles. The third-order valence-electron chi connectivity index (χ3n) is 3.91. The number of aromatic nitrogens is 2. The van der Waals surface area contributed by atoms with E-state index in [4.69, 9.17) is 0 Å². The molecule has 0 radical (unpaired) electrons. The van der Waals surface area contributed by atoms with Crippen molar-refractivity contribution in [3.05, 3.63) is 59.2 Å². The van der Waals surface area contributed by atoms with E-state index in [9.17, 15) is 14.7 Å². The van der Waals surface area contributed by atoms with Crippen molar-refractivity contribution < 1.29 is 14.7 Å². The number of pyridine rings is 1. The third kappa shape index (κ3) is 2.72. The van der Waals surface area contributed by atoms with Gasteiger partial charge in [-0.3, -0.25) is 9.88 Å². The molecule has 0 spiro atoms. The quantitative estimate of drug-likeness (QED) is 0.753. The van der Waals surface area contributed by atoms with E-state index < -0.39 is 5.97 Å². The number of aromatic carboxylic acids is 1. The van der Waals surface area contributed by atoms with Crippen LogP contribution in [0.2, 0.25) is 0 Å². The van der Waals surface area contributed by atoms with Crippen LogP contribution in [0.4, 0.5) is 16.3 Å². The first-order chi connectivity index (χ1) is 12.1. The molecule has 0 bridgehead atoms. The number of nitrogens with zero attached hydrogens (tertiary/aromatic N) is 3. The highest BCUT2D eigenvalue weighted by molar-refractivity contribution is 7.13. The number of nitrogens with one attached hydrogen (secondary N) is 1. The standard InChI is InChI=1S/C17H12N4O3S/c22-16(23)11-2-1-3-13-12(11)8-21(17(24)19-13)14-9-25-15(20-14)10-4-6-18-7-5-10/h1-7,9H,8H2,(H,19,24)(H,22,23). The van der Waals surface area contributed by atoms with Gasteiger partial charge in [-0.2, -0.15) is 0 Å². The van der Waals surface area contributed by atoms with Crippen LogP contribution in [0.3, 0.4) is 0 Å². The van der Waals surface area contributed by atoms with Gasteiger partial charge in [0.05, 0.1) is 12.1 Å². The highest BCUT2D eigenvalue weighted by Crippen LogP contribution is 2.32. The molecule has 0 unspecified atom stereocenters. The highest BCUT2D eigenvalue weighted by Gasteiger charge is 2.28. The van der Waals surface area contributed by atoms with Crippen LogP contribution in [0.1, 0.15) is 15.9 Å². The molecule has 25 heavy (non-hydrogen) atoms. The van der Waals surface area contributed by atoms with Crippen molar-refractivity contribution in [1.82, 2.24) is 9.97 Å². The van der Waals surface area contributed by atoms with Crippen LogP contribution >= 0.6 is 11.3 Å². The lowest BCUT2D eigenvalue weighted by atomic mass is 10.0. The number of thiazole rings is 1. The van der Waals surface area contributed by atoms with E-state index in [0.717, 1.165) is 10.6 Å². The zero-order chi connectivity index (χ0) is 17.4. The van der Waals surface area contributed by atoms with Crippen molar-refractivity contribution in [1.29, 1.82) is 0 Å². The summed E-state index contributed by atoms with van der Waals surface area (Å²) in [5.41, 5.74) is 2.17. The second-order valence-electron chi connectivity index (χ2n) is 5.40. The van der Waals surface area contributed by atoms with Crippen LogP contribution in [0.25, 0.3) is 10.6 Å². The average Bonchev–Trinajstić information content (AvgIpc) is 3.11. The first kappa shape index (κ1) is 15.3. The van der Waals surface area contributed by atoms with Gasteiger partial charge in [-0.25, -0.2) is 14.6 Å². The van der Waals surface area contributed by atoms with Gasteiger partial charge in [0.2, 0.25) is 0 Å². The molecule has 8 heteroatoms. The molecule has 0 saturated heterocycles. The lowest BCUT2D eigenvalue weighted by molar-refractivity contribution is 0.0695. The van der Waals surface area contributed by atoms with Crippen LogP contribution in [-0.2, 0) is 6.54 Å². The van der Waals surface area contributed by atoms with E-state index >= 15 is 0 Å². The van der Waals surface area contributed by atoms with Gasteiger partial charge < -0.3 is 10.4 Å². The molecule has 0 aliphatic carbocycles. The Labute approximate surface area is 146 Å². The summed E-state index contributed by atoms with van der Waals surface area (Å²) in [4.78, 5) is 33.8. The maximum Gasteiger partial charge on any atom is 0.336 e. The summed E-state index contributed by atoms with van der Waals surface area (Å²) in [6.45, 7) is 0.156. The maximum atomic E-state index is 12.4. The Morgan fingerprint density at radius 2 is 2.04 bits per heavy atom. The Bertz CT molecular complexity index is 971. The Morgan fingerprint density at radius 3 is 2.80 bits per heavy atom. The number of carboxylic acid groups (broad SMARTS) is 1. The number of carbonyl (C=O) groups excluding carboxylic acids is 1. The van der Waals surface area contributed by atoms with Crippen molar-refractivity contribution in [2.75, 3.05) is 10.2 Å². The van der Waals surface area contributed by atoms with Crippen LogP contribution in [0.15, 0.2) is 48.1 Å². The second-order valence-corrected chi connectivity index (χ2v) is 6.26. The van der Waals surface area contributed by atoms with Crippen LogP contribution in [0.5, 0.6) is 0 Å². The minimum absolute atomic E-state index is 0.156. The van der Waals surface area contributed by atoms with E-state index in [2.05, 4.69) is 15.3 Å². The Balaban J connectivity index is 1.70. The van der Waals surface area contributed by atoms with Crippen molar-refractivity contribution >= 4 is 34.8 Å². The van der Waals surface area contributed by atoms with Crippen molar-refractivity contribution in [2.24, 2.45) is 0 Å². The number of amides is 2. The predicted octanol–water partition coefficient (Wildman–Crippen LogP) is 3.46. The van der Waals surface area contributed by atoms with Crippen LogP contribution in [-0.4, -0.2) is 27.1 Å². The van der Waals surface area contributed by atoms with E-state index in [-0.39, 0.29) is 18.1 Å². The molecule has 1 aliphatic heterocycles. The molecule has 7 nitrogen and oxygen atoms in total. The zero-order valence-electron chi connectivity index (χ0n) is 12.8. The molecule has 2 N–H and O–H groups in total. The Kier molecular flexibility index (Phi) is 3.66. The number of anilines is 2. The molecule has 3 heterocycles. The van der Waals surface area contributed by atoms with Gasteiger partial charge in [0.15, 0.2) is 0 Å². The normalized spacial score (nSPS) is 13.3. The smallest absolute Gasteiger partial charge is 0.336 e. The summed E-state index contributed by atoms with van der Waals surface area (Å²) >= 11 is 1.41. The molecule has 1 aromatic carbocycles. The van der Waals surface area contributed by atoms with E-state index in [1.807, 2.05) is 12.1 Å². The summed E-state index contributed by atoms with van der Waals surface area (Å²) in [6, 6.07) is 8.19. The fraction of sp³-hybridized carbons (Fsp3) is 0.0588. The number of rotatable bonds is 3. The summed E-state index contributed by atoms with van der Waals surface area (Å²) in [5.74, 6) is -0.538. The van der Waals surface area contributed by atoms with Crippen LogP contribution < -0.4 is 10.2 Å². The third-order valence-corrected chi connectivity index (χ3v) is 4.78. The molecule has 124 valence electrons. The van der Waals surface area contributed by atoms with E-state index in [1.165, 1.54) is 22.3 Å². The topological polar surface area (TPSA) is 95.4 Å². The molecular formula is C17H12N4O3S. The molecule has 3 aromatic rings. The lowest BCUT2D eigenvalue weighted by Crippen LogP contribution is -2.39. The first-order valence-corrected chi connectivity index (χ1v) is 8.31. The Hall–Kier alpha value is -3.26. The monoisotopic (exact) mass is 352 g/mol. The number of hydrogen-bond acceptors (Lipinski definition) is 5. The largest absolute Gasteiger partial charge is 0.478 e. The number of carbonyl (C=O) groups is 2. The minimum atomic E-state index is -1.02. The predicted molar refractivity (Wildman–Crippen MR) is 93.9 cm³/mol. The number of hydrogen-bond donors (Lipinski definition) is 2. The molecule has 1 aliphatic rings. The summed E-state index contributed by atoms with van der Waals surface area (Å²) in [7, 11) is 0. The van der Waals surface area contributed by atoms with Crippen molar-refractivity contribution in [2.45, 2.75) is 6.54 Å². The number of benzene rings is 1. The van der Waals surface area contributed by atoms with E-state index in [1.54, 1.807) is 29.9 Å². The number of urea groups is 1. The van der Waals surface area contributed by atoms with Gasteiger partial charge in [-0.1, -0.05) is 6.07 Å². The highest BCUT2D eigenvalue weighted by atomic mass is 32.1. The second kappa shape index (κ2) is 5.99. The van der Waals surface area contributed by atoms with Gasteiger partial charge in [-0.15, -0.1) is 11.3 Å². The van der Waals surface area contributed by atoms with Crippen molar-refractivity contribution in [3.8, 4) is 10.6 Å². The minimum Gasteiger partial charge on any atom is -0.478 e. The van der Waals surface area contributed by atoms with Gasteiger partial charge >= 0.3 is 12.0 Å². The summed E-state index contributed by atoms with van der Waals surface area (Å²) in [5, 5.41) is 14.6. The molecule has 2 aromatic heterocycles. The summed E-state index contributed by atoms with van der Waals surface area (Å²) in [6.07, 6.45) is 3.36. The molecule has 4 rings (SSSR count). The average molecular weight is 352 g/mol. The zero-order valence-corrected chi connectivity index (χ0v) is 13.7.